The maximum Gasteiger partial charge on any atom is 0.0702 e. The zero-order valence-electron chi connectivity index (χ0n) is 18.1. The number of hydrogen-bond acceptors (Lipinski definition) is 1. The molecule has 3 rings (SSSR count). The predicted octanol–water partition coefficient (Wildman–Crippen LogP) is 8.02. The summed E-state index contributed by atoms with van der Waals surface area (Å²) < 4.78 is 0. The van der Waals surface area contributed by atoms with Gasteiger partial charge in [-0.05, 0) is 48.3 Å². The molecule has 1 fully saturated rings. The molecule has 1 aromatic heterocycles. The van der Waals surface area contributed by atoms with Gasteiger partial charge in [-0.25, -0.2) is 0 Å². The van der Waals surface area contributed by atoms with Gasteiger partial charge in [0.05, 0.1) is 5.69 Å². The molecule has 0 radical (unpaired) electrons. The van der Waals surface area contributed by atoms with Gasteiger partial charge in [-0.15, -0.1) is 0 Å². The van der Waals surface area contributed by atoms with Crippen LogP contribution < -0.4 is 0 Å². The molecule has 1 nitrogen and oxygen atoms in total. The average Bonchev–Trinajstić information content (AvgIpc) is 2.76. The maximum atomic E-state index is 4.73. The second kappa shape index (κ2) is 11.4. The standard InChI is InChI=1S/C27H39N/c1-3-5-6-7-8-23-9-11-24(12-10-23)13-14-25-17-20-27(28-21-25)26-18-15-22(4-2)16-19-26/h15-21,23-24H,3-14H2,1-2H3/t23-,24-. The van der Waals surface area contributed by atoms with E-state index in [2.05, 4.69) is 56.4 Å². The highest BCUT2D eigenvalue weighted by Gasteiger charge is 2.20. The Morgan fingerprint density at radius 2 is 1.43 bits per heavy atom. The molecular weight excluding hydrogens is 338 g/mol. The summed E-state index contributed by atoms with van der Waals surface area (Å²) >= 11 is 0. The summed E-state index contributed by atoms with van der Waals surface area (Å²) in [6, 6.07) is 13.3. The van der Waals surface area contributed by atoms with Crippen molar-refractivity contribution in [2.24, 2.45) is 11.8 Å². The van der Waals surface area contributed by atoms with Crippen molar-refractivity contribution in [1.82, 2.24) is 4.98 Å². The summed E-state index contributed by atoms with van der Waals surface area (Å²) in [5.74, 6) is 1.96. The van der Waals surface area contributed by atoms with E-state index in [4.69, 9.17) is 4.98 Å². The molecule has 1 aliphatic carbocycles. The first-order valence-corrected chi connectivity index (χ1v) is 11.8. The van der Waals surface area contributed by atoms with Crippen molar-refractivity contribution >= 4 is 0 Å². The Morgan fingerprint density at radius 3 is 2.04 bits per heavy atom. The Kier molecular flexibility index (Phi) is 8.58. The third-order valence-corrected chi connectivity index (χ3v) is 6.76. The van der Waals surface area contributed by atoms with E-state index < -0.39 is 0 Å². The normalized spacial score (nSPS) is 19.6. The van der Waals surface area contributed by atoms with Crippen LogP contribution in [-0.2, 0) is 12.8 Å². The zero-order chi connectivity index (χ0) is 19.6. The van der Waals surface area contributed by atoms with Crippen molar-refractivity contribution in [2.75, 3.05) is 0 Å². The minimum atomic E-state index is 0.938. The highest BCUT2D eigenvalue weighted by molar-refractivity contribution is 5.59. The topological polar surface area (TPSA) is 12.9 Å². The number of hydrogen-bond donors (Lipinski definition) is 0. The molecule has 0 aliphatic heterocycles. The van der Waals surface area contributed by atoms with Crippen molar-refractivity contribution in [3.8, 4) is 11.3 Å². The van der Waals surface area contributed by atoms with E-state index in [1.165, 1.54) is 87.3 Å². The first kappa shape index (κ1) is 21.1. The summed E-state index contributed by atoms with van der Waals surface area (Å²) in [5, 5.41) is 0. The van der Waals surface area contributed by atoms with Crippen LogP contribution in [0.3, 0.4) is 0 Å². The molecule has 0 bridgehead atoms. The molecule has 2 aromatic rings. The molecule has 1 aromatic carbocycles. The summed E-state index contributed by atoms with van der Waals surface area (Å²) in [6.45, 7) is 4.50. The highest BCUT2D eigenvalue weighted by atomic mass is 14.7. The van der Waals surface area contributed by atoms with Crippen LogP contribution in [-0.4, -0.2) is 4.98 Å². The Morgan fingerprint density at radius 1 is 0.750 bits per heavy atom. The summed E-state index contributed by atoms with van der Waals surface area (Å²) in [4.78, 5) is 4.73. The SMILES string of the molecule is CCCCCC[C@H]1CC[C@H](CCc2ccc(-c3ccc(CC)cc3)nc2)CC1. The number of benzene rings is 1. The summed E-state index contributed by atoms with van der Waals surface area (Å²) in [6.07, 6.45) is 18.7. The smallest absolute Gasteiger partial charge is 0.0702 e. The zero-order valence-corrected chi connectivity index (χ0v) is 18.1. The van der Waals surface area contributed by atoms with Gasteiger partial charge >= 0.3 is 0 Å². The van der Waals surface area contributed by atoms with E-state index in [9.17, 15) is 0 Å². The molecule has 0 amide bonds. The molecule has 1 saturated carbocycles. The monoisotopic (exact) mass is 377 g/mol. The quantitative estimate of drug-likeness (QED) is 0.382. The van der Waals surface area contributed by atoms with Crippen LogP contribution in [0, 0.1) is 11.8 Å². The van der Waals surface area contributed by atoms with Crippen LogP contribution in [0.25, 0.3) is 11.3 Å². The lowest BCUT2D eigenvalue weighted by Gasteiger charge is -2.28. The van der Waals surface area contributed by atoms with E-state index in [-0.39, 0.29) is 0 Å². The van der Waals surface area contributed by atoms with Crippen LogP contribution >= 0.6 is 0 Å². The first-order chi connectivity index (χ1) is 13.8. The van der Waals surface area contributed by atoms with Crippen LogP contribution in [0.1, 0.15) is 89.2 Å². The van der Waals surface area contributed by atoms with Crippen molar-refractivity contribution in [1.29, 1.82) is 0 Å². The van der Waals surface area contributed by atoms with Gasteiger partial charge in [-0.2, -0.15) is 0 Å². The summed E-state index contributed by atoms with van der Waals surface area (Å²) in [5.41, 5.74) is 5.10. The minimum absolute atomic E-state index is 0.938. The number of aromatic nitrogens is 1. The molecule has 1 heteroatoms. The van der Waals surface area contributed by atoms with Gasteiger partial charge in [0.2, 0.25) is 0 Å². The third-order valence-electron chi connectivity index (χ3n) is 6.76. The molecule has 152 valence electrons. The Balaban J connectivity index is 1.39. The van der Waals surface area contributed by atoms with Crippen molar-refractivity contribution in [3.05, 3.63) is 53.7 Å². The minimum Gasteiger partial charge on any atom is -0.256 e. The van der Waals surface area contributed by atoms with E-state index in [1.807, 2.05) is 0 Å². The van der Waals surface area contributed by atoms with Crippen LogP contribution in [0.15, 0.2) is 42.6 Å². The van der Waals surface area contributed by atoms with E-state index >= 15 is 0 Å². The van der Waals surface area contributed by atoms with Gasteiger partial charge in [-0.1, -0.05) is 102 Å². The lowest BCUT2D eigenvalue weighted by Crippen LogP contribution is -2.15. The molecule has 28 heavy (non-hydrogen) atoms. The first-order valence-electron chi connectivity index (χ1n) is 11.8. The van der Waals surface area contributed by atoms with Gasteiger partial charge in [-0.3, -0.25) is 4.98 Å². The van der Waals surface area contributed by atoms with Crippen molar-refractivity contribution < 1.29 is 0 Å². The molecule has 1 aliphatic rings. The second-order valence-electron chi connectivity index (χ2n) is 8.88. The van der Waals surface area contributed by atoms with E-state index in [1.54, 1.807) is 0 Å². The maximum absolute atomic E-state index is 4.73. The fourth-order valence-corrected chi connectivity index (χ4v) is 4.69. The molecule has 0 atom stereocenters. The number of rotatable bonds is 10. The Hall–Kier alpha value is -1.63. The molecular formula is C27H39N. The number of unbranched alkanes of at least 4 members (excludes halogenated alkanes) is 3. The number of nitrogens with zero attached hydrogens (tertiary/aromatic N) is 1. The lowest BCUT2D eigenvalue weighted by molar-refractivity contribution is 0.249. The van der Waals surface area contributed by atoms with Gasteiger partial charge in [0, 0.05) is 11.8 Å². The van der Waals surface area contributed by atoms with Crippen molar-refractivity contribution in [2.45, 2.75) is 90.9 Å². The van der Waals surface area contributed by atoms with E-state index in [0.29, 0.717) is 0 Å². The van der Waals surface area contributed by atoms with Crippen LogP contribution in [0.2, 0.25) is 0 Å². The summed E-state index contributed by atoms with van der Waals surface area (Å²) in [7, 11) is 0. The molecule has 0 saturated heterocycles. The largest absolute Gasteiger partial charge is 0.256 e. The molecule has 0 unspecified atom stereocenters. The Labute approximate surface area is 173 Å². The third kappa shape index (κ3) is 6.47. The fourth-order valence-electron chi connectivity index (χ4n) is 4.69. The second-order valence-corrected chi connectivity index (χ2v) is 8.88. The lowest BCUT2D eigenvalue weighted by atomic mass is 9.78. The van der Waals surface area contributed by atoms with Gasteiger partial charge < -0.3 is 0 Å². The van der Waals surface area contributed by atoms with Gasteiger partial charge in [0.1, 0.15) is 0 Å². The number of aryl methyl sites for hydroxylation is 2. The predicted molar refractivity (Wildman–Crippen MR) is 122 cm³/mol. The van der Waals surface area contributed by atoms with Crippen molar-refractivity contribution in [3.63, 3.8) is 0 Å². The fraction of sp³-hybridized carbons (Fsp3) is 0.593. The molecule has 0 N–H and O–H groups in total. The van der Waals surface area contributed by atoms with E-state index in [0.717, 1.165) is 24.0 Å². The van der Waals surface area contributed by atoms with Crippen LogP contribution in [0.5, 0.6) is 0 Å². The average molecular weight is 378 g/mol. The molecule has 1 heterocycles. The number of pyridine rings is 1. The Bertz CT molecular complexity index is 662. The van der Waals surface area contributed by atoms with Crippen LogP contribution in [0.4, 0.5) is 0 Å². The molecule has 0 spiro atoms. The van der Waals surface area contributed by atoms with Gasteiger partial charge in [0.15, 0.2) is 0 Å². The van der Waals surface area contributed by atoms with Gasteiger partial charge in [0.25, 0.3) is 0 Å². The highest BCUT2D eigenvalue weighted by Crippen LogP contribution is 2.34.